The Bertz CT molecular complexity index is 256. The highest BCUT2D eigenvalue weighted by Crippen LogP contribution is 1.57. The number of quaternary nitrogens is 2. The van der Waals surface area contributed by atoms with Gasteiger partial charge >= 0.3 is 0 Å². The largest absolute Gasteiger partial charge is 0.759 e. The summed E-state index contributed by atoms with van der Waals surface area (Å²) in [5.41, 5.74) is 6.75. The van der Waals surface area contributed by atoms with Gasteiger partial charge < -0.3 is 31.2 Å². The maximum Gasteiger partial charge on any atom is 0.264 e. The highest BCUT2D eigenvalue weighted by molar-refractivity contribution is 7.80. The van der Waals surface area contributed by atoms with E-state index in [0.717, 1.165) is 0 Å². The second-order valence-electron chi connectivity index (χ2n) is 1.75. The maximum absolute atomic E-state index is 8.52. The lowest BCUT2D eigenvalue weighted by Gasteiger charge is -2.06. The fourth-order valence-electron chi connectivity index (χ4n) is 0. The molecule has 0 aliphatic rings. The third kappa shape index (κ3) is 143. The SMILES string of the molecule is CNC([NH3+])=S.CNC([NH3+])=S.O=S(=O)([O-])[O-]. The van der Waals surface area contributed by atoms with Crippen LogP contribution in [0.2, 0.25) is 0 Å². The summed E-state index contributed by atoms with van der Waals surface area (Å²) in [5.74, 6) is 0. The minimum Gasteiger partial charge on any atom is -0.759 e. The van der Waals surface area contributed by atoms with Gasteiger partial charge in [-0.05, 0) is 0 Å². The van der Waals surface area contributed by atoms with Crippen molar-refractivity contribution >= 4 is 45.1 Å². The van der Waals surface area contributed by atoms with Gasteiger partial charge in [0.1, 0.15) is 0 Å². The lowest BCUT2D eigenvalue weighted by Crippen LogP contribution is -2.61. The van der Waals surface area contributed by atoms with Crippen molar-refractivity contribution in [3.8, 4) is 0 Å². The fourth-order valence-corrected chi connectivity index (χ4v) is 0. The molecule has 0 fully saturated rings. The molecule has 0 aromatic heterocycles. The average molecular weight is 278 g/mol. The minimum absolute atomic E-state index is 0.588. The molecule has 0 aliphatic heterocycles. The molecule has 0 atom stereocenters. The molecule has 0 heterocycles. The van der Waals surface area contributed by atoms with E-state index in [0.29, 0.717) is 10.2 Å². The zero-order valence-corrected chi connectivity index (χ0v) is 10.7. The van der Waals surface area contributed by atoms with E-state index in [1.54, 1.807) is 14.1 Å². The number of hydrogen-bond donors (Lipinski definition) is 4. The summed E-state index contributed by atoms with van der Waals surface area (Å²) < 4.78 is 34.1. The summed E-state index contributed by atoms with van der Waals surface area (Å²) in [7, 11) is -1.68. The summed E-state index contributed by atoms with van der Waals surface area (Å²) >= 11 is 8.95. The van der Waals surface area contributed by atoms with E-state index >= 15 is 0 Å². The van der Waals surface area contributed by atoms with E-state index in [4.69, 9.17) is 17.5 Å². The van der Waals surface area contributed by atoms with Crippen LogP contribution in [0.15, 0.2) is 0 Å². The summed E-state index contributed by atoms with van der Waals surface area (Å²) in [5, 5.41) is 6.47. The lowest BCUT2D eigenvalue weighted by molar-refractivity contribution is -0.215. The van der Waals surface area contributed by atoms with Crippen molar-refractivity contribution in [2.45, 2.75) is 0 Å². The molecular weight excluding hydrogens is 264 g/mol. The number of thiocarbonyl (C=S) groups is 2. The molecule has 0 spiro atoms. The Hall–Kier alpha value is -0.430. The van der Waals surface area contributed by atoms with Crippen LogP contribution in [0, 0.1) is 0 Å². The predicted molar refractivity (Wildman–Crippen MR) is 59.6 cm³/mol. The van der Waals surface area contributed by atoms with Crippen molar-refractivity contribution in [3.63, 3.8) is 0 Å². The van der Waals surface area contributed by atoms with Crippen LogP contribution in [0.1, 0.15) is 0 Å². The number of nitrogens with one attached hydrogen (secondary N) is 2. The summed E-state index contributed by atoms with van der Waals surface area (Å²) in [6, 6.07) is 0. The van der Waals surface area contributed by atoms with Gasteiger partial charge in [-0.15, -0.1) is 0 Å². The van der Waals surface area contributed by atoms with E-state index < -0.39 is 10.4 Å². The number of hydrogen-bond acceptors (Lipinski definition) is 6. The van der Waals surface area contributed by atoms with E-state index in [1.165, 1.54) is 0 Å². The smallest absolute Gasteiger partial charge is 0.264 e. The third-order valence-corrected chi connectivity index (χ3v) is 0.966. The van der Waals surface area contributed by atoms with Gasteiger partial charge in [-0.25, -0.2) is 0 Å². The van der Waals surface area contributed by atoms with Crippen LogP contribution in [0.4, 0.5) is 0 Å². The van der Waals surface area contributed by atoms with Gasteiger partial charge in [0, 0.05) is 48.9 Å². The molecule has 0 amide bonds. The summed E-state index contributed by atoms with van der Waals surface area (Å²) in [4.78, 5) is 0. The molecule has 0 unspecified atom stereocenters. The summed E-state index contributed by atoms with van der Waals surface area (Å²) in [6.45, 7) is 0. The van der Waals surface area contributed by atoms with Gasteiger partial charge in [0.05, 0.1) is 0 Å². The maximum atomic E-state index is 8.52. The zero-order chi connectivity index (χ0) is 13.1. The molecule has 0 aliphatic carbocycles. The van der Waals surface area contributed by atoms with Crippen LogP contribution in [0.5, 0.6) is 0 Å². The molecule has 0 saturated carbocycles. The van der Waals surface area contributed by atoms with Crippen LogP contribution in [-0.4, -0.2) is 41.8 Å². The minimum atomic E-state index is -5.17. The Morgan fingerprint density at radius 2 is 1.13 bits per heavy atom. The molecule has 15 heavy (non-hydrogen) atoms. The van der Waals surface area contributed by atoms with Crippen molar-refractivity contribution in [3.05, 3.63) is 0 Å². The molecule has 8 nitrogen and oxygen atoms in total. The topological polar surface area (TPSA) is 160 Å². The van der Waals surface area contributed by atoms with E-state index in [1.807, 2.05) is 0 Å². The second kappa shape index (κ2) is 11.6. The Morgan fingerprint density at radius 1 is 1.07 bits per heavy atom. The lowest BCUT2D eigenvalue weighted by atomic mass is 11.1. The molecule has 0 radical (unpaired) electrons. The van der Waals surface area contributed by atoms with Crippen LogP contribution in [0.3, 0.4) is 0 Å². The molecule has 0 bridgehead atoms. The molecule has 8 N–H and O–H groups in total. The molecule has 92 valence electrons. The third-order valence-electron chi connectivity index (χ3n) is 0.558. The monoisotopic (exact) mass is 278 g/mol. The van der Waals surface area contributed by atoms with Crippen LogP contribution in [-0.2, 0) is 10.4 Å². The van der Waals surface area contributed by atoms with E-state index in [2.05, 4.69) is 46.5 Å². The van der Waals surface area contributed by atoms with Crippen molar-refractivity contribution in [2.24, 2.45) is 0 Å². The average Bonchev–Trinajstić information content (AvgIpc) is 2.02. The fraction of sp³-hybridized carbons (Fsp3) is 0.500. The second-order valence-corrected chi connectivity index (χ2v) is 3.56. The Labute approximate surface area is 99.0 Å². The first-order valence-corrected chi connectivity index (χ1v) is 5.43. The first-order valence-electron chi connectivity index (χ1n) is 3.28. The van der Waals surface area contributed by atoms with Crippen LogP contribution < -0.4 is 22.1 Å². The highest BCUT2D eigenvalue weighted by Gasteiger charge is 1.73. The standard InChI is InChI=1S/2C2H6N2S.H2O4S/c2*1-4-2(3)5;1-5(2,3)4/h2*1H3,(H3,3,4,5);(H2,1,2,3,4). The van der Waals surface area contributed by atoms with E-state index in [9.17, 15) is 0 Å². The van der Waals surface area contributed by atoms with Crippen molar-refractivity contribution in [2.75, 3.05) is 14.1 Å². The van der Waals surface area contributed by atoms with Gasteiger partial charge in [0.25, 0.3) is 10.2 Å². The predicted octanol–water partition coefficient (Wildman–Crippen LogP) is -3.87. The normalized spacial score (nSPS) is 8.40. The highest BCUT2D eigenvalue weighted by atomic mass is 32.3. The molecular formula is C4H14N4O4S3. The zero-order valence-electron chi connectivity index (χ0n) is 8.27. The summed E-state index contributed by atoms with van der Waals surface area (Å²) in [6.07, 6.45) is 0. The van der Waals surface area contributed by atoms with Gasteiger partial charge in [-0.2, -0.15) is 0 Å². The quantitative estimate of drug-likeness (QED) is 0.199. The van der Waals surface area contributed by atoms with Crippen LogP contribution >= 0.6 is 24.4 Å². The Morgan fingerprint density at radius 3 is 1.13 bits per heavy atom. The Kier molecular flexibility index (Phi) is 15.6. The first-order chi connectivity index (χ1) is 6.54. The van der Waals surface area contributed by atoms with Crippen molar-refractivity contribution in [1.82, 2.24) is 10.6 Å². The van der Waals surface area contributed by atoms with Crippen LogP contribution in [0.25, 0.3) is 0 Å². The molecule has 11 heteroatoms. The van der Waals surface area contributed by atoms with Gasteiger partial charge in [-0.1, -0.05) is 0 Å². The van der Waals surface area contributed by atoms with Crippen molar-refractivity contribution < 1.29 is 29.0 Å². The Balaban J connectivity index is -0.000000144. The van der Waals surface area contributed by atoms with Gasteiger partial charge in [0.2, 0.25) is 0 Å². The van der Waals surface area contributed by atoms with Gasteiger partial charge in [-0.3, -0.25) is 8.42 Å². The molecule has 0 aromatic carbocycles. The molecule has 0 rings (SSSR count). The molecule has 0 saturated heterocycles. The number of rotatable bonds is 0. The van der Waals surface area contributed by atoms with Gasteiger partial charge in [0.15, 0.2) is 0 Å². The van der Waals surface area contributed by atoms with Crippen molar-refractivity contribution in [1.29, 1.82) is 0 Å². The molecule has 0 aromatic rings. The van der Waals surface area contributed by atoms with E-state index in [-0.39, 0.29) is 0 Å². The first kappa shape index (κ1) is 20.0.